The lowest BCUT2D eigenvalue weighted by Gasteiger charge is -2.35. The number of benzene rings is 2. The summed E-state index contributed by atoms with van der Waals surface area (Å²) in [4.78, 5) is 25.6. The third-order valence-electron chi connectivity index (χ3n) is 6.00. The molecule has 0 radical (unpaired) electrons. The minimum absolute atomic E-state index is 0.0125. The maximum atomic E-state index is 12.8. The zero-order valence-corrected chi connectivity index (χ0v) is 19.2. The third-order valence-corrected chi connectivity index (χ3v) is 6.00. The first kappa shape index (κ1) is 23.1. The predicted octanol–water partition coefficient (Wildman–Crippen LogP) is 1.84. The number of carbonyl (C=O) groups excluding carboxylic acids is 1. The summed E-state index contributed by atoms with van der Waals surface area (Å²) in [6.45, 7) is 2.09. The van der Waals surface area contributed by atoms with E-state index in [4.69, 9.17) is 20.9 Å². The molecule has 0 unspecified atom stereocenters. The van der Waals surface area contributed by atoms with Crippen molar-refractivity contribution in [1.82, 2.24) is 14.9 Å². The Bertz CT molecular complexity index is 1240. The Kier molecular flexibility index (Phi) is 6.65. The molecule has 0 bridgehead atoms. The van der Waals surface area contributed by atoms with Crippen molar-refractivity contribution in [3.63, 3.8) is 0 Å². The average molecular weight is 462 g/mol. The number of fused-ring (bicyclic) bond motifs is 1. The molecule has 1 aliphatic heterocycles. The number of carbonyl (C=O) groups is 1. The van der Waals surface area contributed by atoms with Crippen molar-refractivity contribution < 1.29 is 14.3 Å². The van der Waals surface area contributed by atoms with Gasteiger partial charge in [-0.15, -0.1) is 0 Å². The number of hydrogen-bond donors (Lipinski definition) is 2. The molecule has 1 atom stereocenters. The topological polar surface area (TPSA) is 144 Å². The van der Waals surface area contributed by atoms with Gasteiger partial charge in [-0.05, 0) is 11.6 Å². The molecule has 176 valence electrons. The molecule has 10 nitrogen and oxygen atoms in total. The van der Waals surface area contributed by atoms with Crippen molar-refractivity contribution in [1.29, 1.82) is 5.26 Å². The van der Waals surface area contributed by atoms with Gasteiger partial charge in [-0.3, -0.25) is 4.79 Å². The molecule has 4 rings (SSSR count). The average Bonchev–Trinajstić information content (AvgIpc) is 2.88. The van der Waals surface area contributed by atoms with Crippen LogP contribution >= 0.6 is 0 Å². The molecule has 3 aromatic rings. The van der Waals surface area contributed by atoms with Crippen LogP contribution in [0.1, 0.15) is 23.6 Å². The van der Waals surface area contributed by atoms with Gasteiger partial charge in [0.15, 0.2) is 11.5 Å². The normalized spacial score (nSPS) is 14.5. The van der Waals surface area contributed by atoms with Crippen molar-refractivity contribution in [2.45, 2.75) is 12.5 Å². The van der Waals surface area contributed by atoms with E-state index in [1.54, 1.807) is 11.0 Å². The Balaban J connectivity index is 1.51. The van der Waals surface area contributed by atoms with Crippen LogP contribution < -0.4 is 25.8 Å². The van der Waals surface area contributed by atoms with Gasteiger partial charge in [0, 0.05) is 44.0 Å². The highest BCUT2D eigenvalue weighted by Crippen LogP contribution is 2.38. The lowest BCUT2D eigenvalue weighted by atomic mass is 10.0. The SMILES string of the molecule is COc1cc2c(N)nc(N3CCN(C(=O)C[C@@H](N)c4ccccc4)CC3)nc2c(C#N)c1OC. The Labute approximate surface area is 197 Å². The standard InChI is InChI=1S/C24H27N7O3/c1-33-19-12-16-21(17(14-25)22(19)34-2)28-24(29-23(16)27)31-10-8-30(9-11-31)20(32)13-18(26)15-6-4-3-5-7-15/h3-7,12,18H,8-11,13,26H2,1-2H3,(H2,27,28,29)/t18-/m1/s1. The lowest BCUT2D eigenvalue weighted by Crippen LogP contribution is -2.49. The van der Waals surface area contributed by atoms with Gasteiger partial charge in [0.05, 0.1) is 19.7 Å². The quantitative estimate of drug-likeness (QED) is 0.562. The first-order chi connectivity index (χ1) is 16.5. The summed E-state index contributed by atoms with van der Waals surface area (Å²) < 4.78 is 10.7. The number of piperazine rings is 1. The molecule has 34 heavy (non-hydrogen) atoms. The highest BCUT2D eigenvalue weighted by molar-refractivity contribution is 5.96. The summed E-state index contributed by atoms with van der Waals surface area (Å²) in [5.74, 6) is 1.34. The van der Waals surface area contributed by atoms with Crippen LogP contribution in [0.15, 0.2) is 36.4 Å². The molecule has 1 amide bonds. The van der Waals surface area contributed by atoms with Crippen LogP contribution in [0.5, 0.6) is 11.5 Å². The lowest BCUT2D eigenvalue weighted by molar-refractivity contribution is -0.131. The van der Waals surface area contributed by atoms with Crippen LogP contribution in [0.4, 0.5) is 11.8 Å². The third kappa shape index (κ3) is 4.38. The van der Waals surface area contributed by atoms with E-state index in [0.717, 1.165) is 5.56 Å². The number of hydrogen-bond acceptors (Lipinski definition) is 9. The minimum Gasteiger partial charge on any atom is -0.493 e. The predicted molar refractivity (Wildman–Crippen MR) is 129 cm³/mol. The van der Waals surface area contributed by atoms with Crippen molar-refractivity contribution in [3.8, 4) is 17.6 Å². The Morgan fingerprint density at radius 3 is 2.47 bits per heavy atom. The molecule has 2 heterocycles. The van der Waals surface area contributed by atoms with Crippen molar-refractivity contribution >= 4 is 28.6 Å². The zero-order chi connectivity index (χ0) is 24.2. The van der Waals surface area contributed by atoms with Crippen LogP contribution in [0.25, 0.3) is 10.9 Å². The second-order valence-electron chi connectivity index (χ2n) is 7.99. The van der Waals surface area contributed by atoms with Crippen LogP contribution in [-0.4, -0.2) is 61.2 Å². The molecule has 4 N–H and O–H groups in total. The second kappa shape index (κ2) is 9.80. The fraction of sp³-hybridized carbons (Fsp3) is 0.333. The number of ether oxygens (including phenoxy) is 2. The summed E-state index contributed by atoms with van der Waals surface area (Å²) in [7, 11) is 2.96. The van der Waals surface area contributed by atoms with Crippen LogP contribution in [0.3, 0.4) is 0 Å². The molecule has 1 aromatic heterocycles. The van der Waals surface area contributed by atoms with E-state index < -0.39 is 0 Å². The molecular weight excluding hydrogens is 434 g/mol. The van der Waals surface area contributed by atoms with Gasteiger partial charge in [0.1, 0.15) is 17.5 Å². The van der Waals surface area contributed by atoms with Crippen LogP contribution in [0, 0.1) is 11.3 Å². The molecule has 2 aromatic carbocycles. The number of anilines is 2. The summed E-state index contributed by atoms with van der Waals surface area (Å²) in [6.07, 6.45) is 0.247. The summed E-state index contributed by atoms with van der Waals surface area (Å²) in [6, 6.07) is 13.1. The molecule has 10 heteroatoms. The molecule has 1 aliphatic rings. The molecule has 0 aliphatic carbocycles. The number of nitriles is 1. The maximum Gasteiger partial charge on any atom is 0.228 e. The van der Waals surface area contributed by atoms with Gasteiger partial charge < -0.3 is 30.7 Å². The fourth-order valence-electron chi connectivity index (χ4n) is 4.13. The molecular formula is C24H27N7O3. The van der Waals surface area contributed by atoms with Crippen molar-refractivity contribution in [2.75, 3.05) is 51.0 Å². The highest BCUT2D eigenvalue weighted by Gasteiger charge is 2.26. The first-order valence-electron chi connectivity index (χ1n) is 10.9. The van der Waals surface area contributed by atoms with E-state index >= 15 is 0 Å². The van der Waals surface area contributed by atoms with Crippen LogP contribution in [-0.2, 0) is 4.79 Å². The first-order valence-corrected chi connectivity index (χ1v) is 10.9. The van der Waals surface area contributed by atoms with Gasteiger partial charge in [-0.2, -0.15) is 10.2 Å². The summed E-state index contributed by atoms with van der Waals surface area (Å²) in [5.41, 5.74) is 14.0. The summed E-state index contributed by atoms with van der Waals surface area (Å²) >= 11 is 0. The highest BCUT2D eigenvalue weighted by atomic mass is 16.5. The Morgan fingerprint density at radius 2 is 1.85 bits per heavy atom. The van der Waals surface area contributed by atoms with E-state index in [1.165, 1.54) is 14.2 Å². The van der Waals surface area contributed by atoms with Crippen molar-refractivity contribution in [3.05, 3.63) is 47.5 Å². The fourth-order valence-corrected chi connectivity index (χ4v) is 4.13. The number of nitrogens with two attached hydrogens (primary N) is 2. The number of nitrogen functional groups attached to an aromatic ring is 1. The van der Waals surface area contributed by atoms with Crippen molar-refractivity contribution in [2.24, 2.45) is 5.73 Å². The smallest absolute Gasteiger partial charge is 0.228 e. The minimum atomic E-state index is -0.341. The Morgan fingerprint density at radius 1 is 1.15 bits per heavy atom. The number of nitrogens with zero attached hydrogens (tertiary/aromatic N) is 5. The monoisotopic (exact) mass is 461 g/mol. The largest absolute Gasteiger partial charge is 0.493 e. The molecule has 0 saturated carbocycles. The molecule has 1 saturated heterocycles. The Hall–Kier alpha value is -4.10. The van der Waals surface area contributed by atoms with Crippen LogP contribution in [0.2, 0.25) is 0 Å². The maximum absolute atomic E-state index is 12.8. The second-order valence-corrected chi connectivity index (χ2v) is 7.99. The van der Waals surface area contributed by atoms with Gasteiger partial charge in [-0.1, -0.05) is 30.3 Å². The molecule has 0 spiro atoms. The summed E-state index contributed by atoms with van der Waals surface area (Å²) in [5, 5.41) is 10.3. The van der Waals surface area contributed by atoms with E-state index in [2.05, 4.69) is 16.0 Å². The number of rotatable bonds is 6. The zero-order valence-electron chi connectivity index (χ0n) is 19.2. The van der Waals surface area contributed by atoms with Gasteiger partial charge in [-0.25, -0.2) is 4.98 Å². The van der Waals surface area contributed by atoms with E-state index in [1.807, 2.05) is 35.2 Å². The van der Waals surface area contributed by atoms with Gasteiger partial charge in [0.25, 0.3) is 0 Å². The number of aromatic nitrogens is 2. The van der Waals surface area contributed by atoms with E-state index in [0.29, 0.717) is 54.5 Å². The number of amides is 1. The number of methoxy groups -OCH3 is 2. The molecule has 1 fully saturated rings. The van der Waals surface area contributed by atoms with E-state index in [9.17, 15) is 10.1 Å². The van der Waals surface area contributed by atoms with Gasteiger partial charge >= 0.3 is 0 Å². The van der Waals surface area contributed by atoms with Gasteiger partial charge in [0.2, 0.25) is 11.9 Å². The van der Waals surface area contributed by atoms with E-state index in [-0.39, 0.29) is 29.8 Å².